The van der Waals surface area contributed by atoms with E-state index in [9.17, 15) is 17.6 Å². The molecule has 1 aliphatic heterocycles. The van der Waals surface area contributed by atoms with Crippen LogP contribution >= 0.6 is 23.2 Å². The van der Waals surface area contributed by atoms with Gasteiger partial charge in [-0.3, -0.25) is 14.4 Å². The molecule has 1 unspecified atom stereocenters. The summed E-state index contributed by atoms with van der Waals surface area (Å²) in [5.74, 6) is -1.81. The highest BCUT2D eigenvalue weighted by Gasteiger charge is 2.30. The Kier molecular flexibility index (Phi) is 6.43. The number of nitrogens with one attached hydrogen (secondary N) is 1. The lowest BCUT2D eigenvalue weighted by atomic mass is 10.1. The van der Waals surface area contributed by atoms with Gasteiger partial charge in [-0.2, -0.15) is 5.10 Å². The molecule has 1 N–H and O–H groups in total. The van der Waals surface area contributed by atoms with E-state index >= 15 is 0 Å². The SMILES string of the molecule is Cc1nn([C@@H]2CCN(C(C)c3cc(Cl)cc(Cl)c3)C2)c2cc(F)c(C(=O)NS(C)(=O)=O)cc12. The number of carbonyl (C=O) groups excluding carboxylic acids is 1. The Morgan fingerprint density at radius 1 is 1.21 bits per heavy atom. The largest absolute Gasteiger partial charge is 0.294 e. The fourth-order valence-corrected chi connectivity index (χ4v) is 5.32. The van der Waals surface area contributed by atoms with Crippen molar-refractivity contribution in [1.82, 2.24) is 19.4 Å². The summed E-state index contributed by atoms with van der Waals surface area (Å²) in [7, 11) is -3.81. The molecule has 0 aliphatic carbocycles. The van der Waals surface area contributed by atoms with Crippen LogP contribution in [0.15, 0.2) is 30.3 Å². The molecular weight excluding hydrogens is 490 g/mol. The number of rotatable bonds is 5. The van der Waals surface area contributed by atoms with Gasteiger partial charge in [-0.1, -0.05) is 23.2 Å². The predicted molar refractivity (Wildman–Crippen MR) is 127 cm³/mol. The maximum atomic E-state index is 14.8. The number of likely N-dealkylation sites (tertiary alicyclic amines) is 1. The van der Waals surface area contributed by atoms with Crippen molar-refractivity contribution in [2.45, 2.75) is 32.4 Å². The number of hydrogen-bond donors (Lipinski definition) is 1. The molecule has 11 heteroatoms. The molecule has 1 aliphatic rings. The van der Waals surface area contributed by atoms with Crippen molar-refractivity contribution in [2.24, 2.45) is 0 Å². The zero-order valence-corrected chi connectivity index (χ0v) is 20.6. The number of aryl methyl sites for hydroxylation is 1. The third-order valence-electron chi connectivity index (χ3n) is 5.96. The quantitative estimate of drug-likeness (QED) is 0.544. The fourth-order valence-electron chi connectivity index (χ4n) is 4.33. The summed E-state index contributed by atoms with van der Waals surface area (Å²) in [6.07, 6.45) is 1.65. The van der Waals surface area contributed by atoms with Crippen molar-refractivity contribution >= 4 is 50.0 Å². The number of hydrogen-bond acceptors (Lipinski definition) is 5. The molecule has 3 aromatic rings. The van der Waals surface area contributed by atoms with Gasteiger partial charge in [0.05, 0.1) is 29.1 Å². The highest BCUT2D eigenvalue weighted by molar-refractivity contribution is 7.89. The van der Waals surface area contributed by atoms with Gasteiger partial charge in [0.15, 0.2) is 0 Å². The predicted octanol–water partition coefficient (Wildman–Crippen LogP) is 4.49. The summed E-state index contributed by atoms with van der Waals surface area (Å²) in [5, 5.41) is 6.38. The highest BCUT2D eigenvalue weighted by Crippen LogP contribution is 2.34. The fraction of sp³-hybridized carbons (Fsp3) is 0.364. The van der Waals surface area contributed by atoms with E-state index < -0.39 is 21.7 Å². The second kappa shape index (κ2) is 8.87. The topological polar surface area (TPSA) is 84.3 Å². The smallest absolute Gasteiger partial charge is 0.267 e. The minimum Gasteiger partial charge on any atom is -0.294 e. The highest BCUT2D eigenvalue weighted by atomic mass is 35.5. The summed E-state index contributed by atoms with van der Waals surface area (Å²) in [6, 6.07) is 8.19. The van der Waals surface area contributed by atoms with Crippen LogP contribution in [0.3, 0.4) is 0 Å². The van der Waals surface area contributed by atoms with Crippen LogP contribution in [-0.2, 0) is 10.0 Å². The monoisotopic (exact) mass is 512 g/mol. The molecule has 4 rings (SSSR count). The van der Waals surface area contributed by atoms with E-state index in [2.05, 4.69) is 16.9 Å². The van der Waals surface area contributed by atoms with E-state index in [-0.39, 0.29) is 17.6 Å². The lowest BCUT2D eigenvalue weighted by molar-refractivity contribution is 0.0978. The number of nitrogens with zero attached hydrogens (tertiary/aromatic N) is 3. The van der Waals surface area contributed by atoms with Gasteiger partial charge in [-0.05, 0) is 50.1 Å². The van der Waals surface area contributed by atoms with E-state index in [0.29, 0.717) is 33.2 Å². The molecule has 1 amide bonds. The average molecular weight is 513 g/mol. The Morgan fingerprint density at radius 2 is 1.88 bits per heavy atom. The minimum absolute atomic E-state index is 0.00778. The molecular formula is C22H23Cl2FN4O3S. The third kappa shape index (κ3) is 5.01. The number of halogens is 3. The molecule has 1 saturated heterocycles. The molecule has 2 heterocycles. The van der Waals surface area contributed by atoms with Crippen molar-refractivity contribution in [2.75, 3.05) is 19.3 Å². The lowest BCUT2D eigenvalue weighted by Gasteiger charge is -2.25. The van der Waals surface area contributed by atoms with Crippen molar-refractivity contribution in [3.05, 3.63) is 63.0 Å². The molecule has 1 aromatic heterocycles. The second-order valence-electron chi connectivity index (χ2n) is 8.40. The summed E-state index contributed by atoms with van der Waals surface area (Å²) in [4.78, 5) is 14.5. The van der Waals surface area contributed by atoms with Gasteiger partial charge >= 0.3 is 0 Å². The van der Waals surface area contributed by atoms with Gasteiger partial charge in [-0.25, -0.2) is 17.5 Å². The first-order chi connectivity index (χ1) is 15.4. The lowest BCUT2D eigenvalue weighted by Crippen LogP contribution is -2.30. The van der Waals surface area contributed by atoms with Crippen LogP contribution in [0.4, 0.5) is 4.39 Å². The third-order valence-corrected chi connectivity index (χ3v) is 6.95. The van der Waals surface area contributed by atoms with E-state index in [1.165, 1.54) is 12.1 Å². The standard InChI is InChI=1S/C22H23Cl2FN4O3S/c1-12-18-9-19(22(30)27-33(3,31)32)20(25)10-21(18)29(26-12)17-4-5-28(11-17)13(2)14-6-15(23)8-16(24)7-14/h6-10,13,17H,4-5,11H2,1-3H3,(H,27,30)/t13?,17-/m1/s1. The number of benzene rings is 2. The second-order valence-corrected chi connectivity index (χ2v) is 11.0. The number of fused-ring (bicyclic) bond motifs is 1. The molecule has 0 bridgehead atoms. The van der Waals surface area contributed by atoms with Gasteiger partial charge in [-0.15, -0.1) is 0 Å². The van der Waals surface area contributed by atoms with Gasteiger partial charge < -0.3 is 0 Å². The summed E-state index contributed by atoms with van der Waals surface area (Å²) < 4.78 is 41.1. The first-order valence-corrected chi connectivity index (χ1v) is 13.0. The Morgan fingerprint density at radius 3 is 2.52 bits per heavy atom. The van der Waals surface area contributed by atoms with E-state index in [4.69, 9.17) is 23.2 Å². The van der Waals surface area contributed by atoms with E-state index in [1.807, 2.05) is 12.1 Å². The zero-order valence-electron chi connectivity index (χ0n) is 18.3. The van der Waals surface area contributed by atoms with Gasteiger partial charge in [0.2, 0.25) is 10.0 Å². The molecule has 0 radical (unpaired) electrons. The van der Waals surface area contributed by atoms with Crippen molar-refractivity contribution in [3.8, 4) is 0 Å². The van der Waals surface area contributed by atoms with Crippen LogP contribution in [0.2, 0.25) is 10.0 Å². The minimum atomic E-state index is -3.81. The normalized spacial score (nSPS) is 18.1. The molecule has 33 heavy (non-hydrogen) atoms. The Balaban J connectivity index is 1.61. The van der Waals surface area contributed by atoms with Crippen molar-refractivity contribution in [1.29, 1.82) is 0 Å². The van der Waals surface area contributed by atoms with Crippen LogP contribution in [0.25, 0.3) is 10.9 Å². The van der Waals surface area contributed by atoms with Crippen LogP contribution in [0.1, 0.15) is 47.0 Å². The Labute approximate surface area is 201 Å². The first kappa shape index (κ1) is 23.9. The average Bonchev–Trinajstić information content (AvgIpc) is 3.29. The molecule has 176 valence electrons. The van der Waals surface area contributed by atoms with Crippen LogP contribution in [0.5, 0.6) is 0 Å². The molecule has 0 saturated carbocycles. The van der Waals surface area contributed by atoms with Gasteiger partial charge in [0, 0.05) is 40.6 Å². The zero-order chi connectivity index (χ0) is 24.1. The molecule has 7 nitrogen and oxygen atoms in total. The number of amides is 1. The van der Waals surface area contributed by atoms with Crippen LogP contribution in [0, 0.1) is 12.7 Å². The number of carbonyl (C=O) groups is 1. The van der Waals surface area contributed by atoms with Crippen molar-refractivity contribution in [3.63, 3.8) is 0 Å². The summed E-state index contributed by atoms with van der Waals surface area (Å²) >= 11 is 12.3. The van der Waals surface area contributed by atoms with E-state index in [1.54, 1.807) is 22.4 Å². The van der Waals surface area contributed by atoms with Gasteiger partial charge in [0.1, 0.15) is 5.82 Å². The molecule has 2 aromatic carbocycles. The first-order valence-electron chi connectivity index (χ1n) is 10.3. The number of sulfonamides is 1. The molecule has 0 spiro atoms. The summed E-state index contributed by atoms with van der Waals surface area (Å²) in [6.45, 7) is 5.37. The van der Waals surface area contributed by atoms with Crippen LogP contribution in [-0.4, -0.2) is 48.4 Å². The maximum Gasteiger partial charge on any atom is 0.267 e. The van der Waals surface area contributed by atoms with Crippen molar-refractivity contribution < 1.29 is 17.6 Å². The molecule has 1 fully saturated rings. The summed E-state index contributed by atoms with van der Waals surface area (Å²) in [5.41, 5.74) is 1.87. The van der Waals surface area contributed by atoms with Crippen LogP contribution < -0.4 is 4.72 Å². The molecule has 2 atom stereocenters. The Hall–Kier alpha value is -2.20. The van der Waals surface area contributed by atoms with E-state index in [0.717, 1.165) is 24.8 Å². The Bertz CT molecular complexity index is 1340. The maximum absolute atomic E-state index is 14.8. The number of aromatic nitrogens is 2. The van der Waals surface area contributed by atoms with Gasteiger partial charge in [0.25, 0.3) is 5.91 Å².